The van der Waals surface area contributed by atoms with E-state index >= 15 is 0 Å². The number of phenolic OH excluding ortho intramolecular Hbond substituents is 1. The molecule has 0 aliphatic carbocycles. The molecule has 2 aliphatic heterocycles. The summed E-state index contributed by atoms with van der Waals surface area (Å²) < 4.78 is 0. The van der Waals surface area contributed by atoms with Crippen LogP contribution in [-0.2, 0) is 10.2 Å². The zero-order valence-corrected chi connectivity index (χ0v) is 11.5. The number of nitrogens with one attached hydrogen (secondary N) is 2. The average molecular weight is 280 g/mol. The fourth-order valence-corrected chi connectivity index (χ4v) is 3.67. The molecule has 0 unspecified atom stereocenters. The standard InChI is InChI=1S/C17H16N2O2/c20-12-7-5-11(6-8-12)15-17(9-10-18-15)13-3-1-2-4-14(13)19-16(17)21/h1-8,15,18,20H,9-10H2,(H,19,21)/t15-,17-/m1/s1. The van der Waals surface area contributed by atoms with Crippen molar-refractivity contribution in [1.29, 1.82) is 0 Å². The number of amides is 1. The van der Waals surface area contributed by atoms with Crippen molar-refractivity contribution < 1.29 is 9.90 Å². The summed E-state index contributed by atoms with van der Waals surface area (Å²) in [5, 5.41) is 15.9. The van der Waals surface area contributed by atoms with Gasteiger partial charge in [0.1, 0.15) is 5.75 Å². The van der Waals surface area contributed by atoms with Gasteiger partial charge in [-0.05, 0) is 42.3 Å². The zero-order chi connectivity index (χ0) is 14.4. The highest BCUT2D eigenvalue weighted by Gasteiger charge is 2.55. The van der Waals surface area contributed by atoms with E-state index < -0.39 is 5.41 Å². The van der Waals surface area contributed by atoms with E-state index in [1.54, 1.807) is 12.1 Å². The molecule has 4 heteroatoms. The lowest BCUT2D eigenvalue weighted by atomic mass is 9.73. The van der Waals surface area contributed by atoms with E-state index in [1.807, 2.05) is 36.4 Å². The summed E-state index contributed by atoms with van der Waals surface area (Å²) in [4.78, 5) is 12.7. The van der Waals surface area contributed by atoms with Crippen molar-refractivity contribution >= 4 is 11.6 Å². The largest absolute Gasteiger partial charge is 0.508 e. The van der Waals surface area contributed by atoms with E-state index in [1.165, 1.54) is 0 Å². The predicted molar refractivity (Wildman–Crippen MR) is 80.2 cm³/mol. The molecule has 21 heavy (non-hydrogen) atoms. The summed E-state index contributed by atoms with van der Waals surface area (Å²) in [6.45, 7) is 0.799. The Bertz CT molecular complexity index is 711. The number of hydrogen-bond acceptors (Lipinski definition) is 3. The molecule has 4 rings (SSSR count). The minimum Gasteiger partial charge on any atom is -0.508 e. The Hall–Kier alpha value is -2.33. The van der Waals surface area contributed by atoms with E-state index in [-0.39, 0.29) is 17.7 Å². The van der Waals surface area contributed by atoms with Gasteiger partial charge in [-0.2, -0.15) is 0 Å². The summed E-state index contributed by atoms with van der Waals surface area (Å²) in [5.41, 5.74) is 2.46. The molecule has 2 atom stereocenters. The zero-order valence-electron chi connectivity index (χ0n) is 11.5. The van der Waals surface area contributed by atoms with Crippen LogP contribution in [0.15, 0.2) is 48.5 Å². The normalized spacial score (nSPS) is 26.9. The minimum absolute atomic E-state index is 0.0618. The van der Waals surface area contributed by atoms with Crippen LogP contribution in [0, 0.1) is 0 Å². The molecule has 1 amide bonds. The van der Waals surface area contributed by atoms with Gasteiger partial charge in [-0.15, -0.1) is 0 Å². The summed E-state index contributed by atoms with van der Waals surface area (Å²) in [5.74, 6) is 0.300. The third-order valence-corrected chi connectivity index (χ3v) is 4.65. The monoisotopic (exact) mass is 280 g/mol. The number of hydrogen-bond donors (Lipinski definition) is 3. The maximum absolute atomic E-state index is 12.7. The van der Waals surface area contributed by atoms with Gasteiger partial charge in [-0.3, -0.25) is 4.79 Å². The van der Waals surface area contributed by atoms with Crippen molar-refractivity contribution in [2.75, 3.05) is 11.9 Å². The summed E-state index contributed by atoms with van der Waals surface area (Å²) in [7, 11) is 0. The van der Waals surface area contributed by atoms with Gasteiger partial charge in [0.25, 0.3) is 0 Å². The van der Waals surface area contributed by atoms with Crippen LogP contribution < -0.4 is 10.6 Å². The van der Waals surface area contributed by atoms with Crippen LogP contribution in [0.5, 0.6) is 5.75 Å². The van der Waals surface area contributed by atoms with Gasteiger partial charge in [0.2, 0.25) is 5.91 Å². The Morgan fingerprint density at radius 3 is 2.67 bits per heavy atom. The average Bonchev–Trinajstić information content (AvgIpc) is 3.05. The first kappa shape index (κ1) is 12.4. The summed E-state index contributed by atoms with van der Waals surface area (Å²) >= 11 is 0. The van der Waals surface area contributed by atoms with Crippen LogP contribution in [0.4, 0.5) is 5.69 Å². The van der Waals surface area contributed by atoms with Gasteiger partial charge in [-0.25, -0.2) is 0 Å². The highest BCUT2D eigenvalue weighted by molar-refractivity contribution is 6.07. The van der Waals surface area contributed by atoms with Crippen molar-refractivity contribution in [1.82, 2.24) is 5.32 Å². The lowest BCUT2D eigenvalue weighted by molar-refractivity contribution is -0.121. The Morgan fingerprint density at radius 1 is 1.10 bits per heavy atom. The molecule has 0 saturated carbocycles. The molecule has 2 aliphatic rings. The van der Waals surface area contributed by atoms with Crippen molar-refractivity contribution in [2.45, 2.75) is 17.9 Å². The molecule has 0 bridgehead atoms. The second kappa shape index (κ2) is 4.33. The fourth-order valence-electron chi connectivity index (χ4n) is 3.67. The molecule has 1 saturated heterocycles. The van der Waals surface area contributed by atoms with Crippen molar-refractivity contribution in [3.8, 4) is 5.75 Å². The number of carbonyl (C=O) groups excluding carboxylic acids is 1. The van der Waals surface area contributed by atoms with Crippen LogP contribution in [0.1, 0.15) is 23.6 Å². The predicted octanol–water partition coefficient (Wildman–Crippen LogP) is 2.32. The molecule has 2 heterocycles. The van der Waals surface area contributed by atoms with Gasteiger partial charge in [0.05, 0.1) is 11.5 Å². The lowest BCUT2D eigenvalue weighted by Crippen LogP contribution is -2.39. The Morgan fingerprint density at radius 2 is 1.86 bits per heavy atom. The first-order valence-electron chi connectivity index (χ1n) is 7.15. The van der Waals surface area contributed by atoms with Crippen molar-refractivity contribution in [3.05, 3.63) is 59.7 Å². The van der Waals surface area contributed by atoms with Crippen LogP contribution in [-0.4, -0.2) is 17.6 Å². The number of para-hydroxylation sites is 1. The molecule has 2 aromatic carbocycles. The van der Waals surface area contributed by atoms with Crippen LogP contribution in [0.3, 0.4) is 0 Å². The van der Waals surface area contributed by atoms with E-state index in [9.17, 15) is 9.90 Å². The number of rotatable bonds is 1. The molecule has 0 radical (unpaired) electrons. The molecule has 2 aromatic rings. The lowest BCUT2D eigenvalue weighted by Gasteiger charge is -2.29. The van der Waals surface area contributed by atoms with Crippen molar-refractivity contribution in [3.63, 3.8) is 0 Å². The number of fused-ring (bicyclic) bond motifs is 2. The molecular weight excluding hydrogens is 264 g/mol. The molecule has 3 N–H and O–H groups in total. The van der Waals surface area contributed by atoms with Crippen LogP contribution in [0.2, 0.25) is 0 Å². The Labute approximate surface area is 122 Å². The molecule has 1 fully saturated rings. The maximum Gasteiger partial charge on any atom is 0.237 e. The van der Waals surface area contributed by atoms with E-state index in [4.69, 9.17) is 0 Å². The third-order valence-electron chi connectivity index (χ3n) is 4.65. The van der Waals surface area contributed by atoms with Crippen molar-refractivity contribution in [2.24, 2.45) is 0 Å². The van der Waals surface area contributed by atoms with Crippen LogP contribution in [0.25, 0.3) is 0 Å². The van der Waals surface area contributed by atoms with Gasteiger partial charge in [0, 0.05) is 5.69 Å². The Balaban J connectivity index is 1.86. The molecular formula is C17H16N2O2. The maximum atomic E-state index is 12.7. The van der Waals surface area contributed by atoms with E-state index in [0.29, 0.717) is 0 Å². The number of benzene rings is 2. The Kier molecular flexibility index (Phi) is 2.56. The molecule has 4 nitrogen and oxygen atoms in total. The highest BCUT2D eigenvalue weighted by Crippen LogP contribution is 2.50. The van der Waals surface area contributed by atoms with Gasteiger partial charge in [-0.1, -0.05) is 30.3 Å². The molecule has 106 valence electrons. The number of anilines is 1. The van der Waals surface area contributed by atoms with Crippen LogP contribution >= 0.6 is 0 Å². The second-order valence-electron chi connectivity index (χ2n) is 5.70. The van der Waals surface area contributed by atoms with Gasteiger partial charge in [0.15, 0.2) is 0 Å². The summed E-state index contributed by atoms with van der Waals surface area (Å²) in [6, 6.07) is 14.9. The minimum atomic E-state index is -0.548. The number of aromatic hydroxyl groups is 1. The van der Waals surface area contributed by atoms with Gasteiger partial charge < -0.3 is 15.7 Å². The highest BCUT2D eigenvalue weighted by atomic mass is 16.3. The quantitative estimate of drug-likeness (QED) is 0.751. The van der Waals surface area contributed by atoms with E-state index in [2.05, 4.69) is 10.6 Å². The first-order valence-corrected chi connectivity index (χ1v) is 7.15. The second-order valence-corrected chi connectivity index (χ2v) is 5.70. The van der Waals surface area contributed by atoms with E-state index in [0.717, 1.165) is 29.8 Å². The molecule has 0 aromatic heterocycles. The fraction of sp³-hybridized carbons (Fsp3) is 0.235. The topological polar surface area (TPSA) is 61.4 Å². The first-order chi connectivity index (χ1) is 10.2. The third kappa shape index (κ3) is 1.63. The smallest absolute Gasteiger partial charge is 0.237 e. The SMILES string of the molecule is O=C1Nc2ccccc2[C@@]12CCN[C@@H]2c1ccc(O)cc1. The number of carbonyl (C=O) groups is 1. The summed E-state index contributed by atoms with van der Waals surface area (Å²) in [6.07, 6.45) is 0.779. The number of phenols is 1. The molecule has 1 spiro atoms. The van der Waals surface area contributed by atoms with Gasteiger partial charge >= 0.3 is 0 Å².